The molecule has 0 saturated carbocycles. The summed E-state index contributed by atoms with van der Waals surface area (Å²) in [6.45, 7) is 4.33. The van der Waals surface area contributed by atoms with Crippen LogP contribution in [0.15, 0.2) is 12.3 Å². The van der Waals surface area contributed by atoms with Crippen LogP contribution in [0.3, 0.4) is 0 Å². The Balaban J connectivity index is 2.38. The molecule has 0 spiro atoms. The van der Waals surface area contributed by atoms with E-state index in [1.54, 1.807) is 19.2 Å². The standard InChI is InChI=1S/C10H13N3O3/c1-8-2-3-11-10(9(8)13(14)15)12-4-6-16-7-5-12/h2-3H,4-7H2,1H3/p+1. The molecule has 6 heteroatoms. The van der Waals surface area contributed by atoms with Gasteiger partial charge in [0.05, 0.1) is 24.3 Å². The smallest absolute Gasteiger partial charge is 0.360 e. The molecule has 1 aromatic heterocycles. The van der Waals surface area contributed by atoms with Crippen LogP contribution in [0.1, 0.15) is 5.56 Å². The molecule has 1 aliphatic heterocycles. The Morgan fingerprint density at radius 3 is 2.81 bits per heavy atom. The van der Waals surface area contributed by atoms with Gasteiger partial charge in [0.25, 0.3) is 0 Å². The first-order chi connectivity index (χ1) is 7.70. The van der Waals surface area contributed by atoms with Gasteiger partial charge >= 0.3 is 11.5 Å². The number of ether oxygens (including phenoxy) is 1. The maximum atomic E-state index is 11.0. The van der Waals surface area contributed by atoms with Gasteiger partial charge in [0.1, 0.15) is 13.1 Å². The van der Waals surface area contributed by atoms with Gasteiger partial charge in [-0.3, -0.25) is 15.0 Å². The minimum atomic E-state index is -0.337. The van der Waals surface area contributed by atoms with Gasteiger partial charge < -0.3 is 4.74 Å². The Morgan fingerprint density at radius 2 is 2.19 bits per heavy atom. The summed E-state index contributed by atoms with van der Waals surface area (Å²) in [5.74, 6) is 0.577. The molecule has 1 N–H and O–H groups in total. The number of aromatic nitrogens is 1. The molecular weight excluding hydrogens is 210 g/mol. The van der Waals surface area contributed by atoms with Crippen molar-refractivity contribution in [2.75, 3.05) is 31.2 Å². The Kier molecular flexibility index (Phi) is 3.00. The van der Waals surface area contributed by atoms with E-state index in [0.717, 1.165) is 0 Å². The Morgan fingerprint density at radius 1 is 1.50 bits per heavy atom. The lowest BCUT2D eigenvalue weighted by molar-refractivity contribution is -0.412. The number of hydrogen-bond donors (Lipinski definition) is 0. The van der Waals surface area contributed by atoms with E-state index in [1.807, 2.05) is 4.90 Å². The normalized spacial score (nSPS) is 16.2. The highest BCUT2D eigenvalue weighted by Gasteiger charge is 2.30. The maximum absolute atomic E-state index is 11.0. The average molecular weight is 224 g/mol. The van der Waals surface area contributed by atoms with Crippen molar-refractivity contribution in [2.45, 2.75) is 6.92 Å². The predicted molar refractivity (Wildman–Crippen MR) is 57.4 cm³/mol. The Bertz CT molecular complexity index is 402. The number of morpholine rings is 1. The summed E-state index contributed by atoms with van der Waals surface area (Å²) >= 11 is 0. The number of pyridine rings is 1. The second kappa shape index (κ2) is 4.44. The predicted octanol–water partition coefficient (Wildman–Crippen LogP) is 0.554. The fourth-order valence-electron chi connectivity index (χ4n) is 1.84. The summed E-state index contributed by atoms with van der Waals surface area (Å²) in [6, 6.07) is 1.71. The van der Waals surface area contributed by atoms with Crippen LogP contribution in [0.25, 0.3) is 0 Å². The van der Waals surface area contributed by atoms with E-state index in [1.165, 1.54) is 0 Å². The van der Waals surface area contributed by atoms with E-state index in [0.29, 0.717) is 37.7 Å². The summed E-state index contributed by atoms with van der Waals surface area (Å²) in [6.07, 6.45) is 1.73. The highest BCUT2D eigenvalue weighted by Crippen LogP contribution is 2.26. The van der Waals surface area contributed by atoms with Crippen molar-refractivity contribution in [3.63, 3.8) is 0 Å². The monoisotopic (exact) mass is 224 g/mol. The highest BCUT2D eigenvalue weighted by molar-refractivity contribution is 5.57. The zero-order valence-electron chi connectivity index (χ0n) is 9.10. The summed E-state index contributed by atoms with van der Waals surface area (Å²) in [4.78, 5) is 15.6. The fraction of sp³-hybridized carbons (Fsp3) is 0.500. The summed E-state index contributed by atoms with van der Waals surface area (Å²) in [5, 5.41) is 11.0. The maximum Gasteiger partial charge on any atom is 0.360 e. The van der Waals surface area contributed by atoms with Crippen LogP contribution in [-0.4, -0.2) is 31.2 Å². The number of nitrogens with zero attached hydrogens (tertiary/aromatic N) is 2. The van der Waals surface area contributed by atoms with Crippen LogP contribution in [0.2, 0.25) is 0 Å². The third-order valence-electron chi connectivity index (χ3n) is 2.66. The molecule has 0 aliphatic carbocycles. The first-order valence-corrected chi connectivity index (χ1v) is 5.18. The molecule has 86 valence electrons. The third-order valence-corrected chi connectivity index (χ3v) is 2.66. The Labute approximate surface area is 93.0 Å². The quantitative estimate of drug-likeness (QED) is 0.543. The van der Waals surface area contributed by atoms with Crippen molar-refractivity contribution < 1.29 is 14.6 Å². The number of H-pyrrole nitrogens is 1. The zero-order chi connectivity index (χ0) is 11.5. The van der Waals surface area contributed by atoms with Gasteiger partial charge in [0, 0.05) is 5.56 Å². The lowest BCUT2D eigenvalue weighted by Gasteiger charge is -2.21. The molecule has 2 heterocycles. The van der Waals surface area contributed by atoms with E-state index < -0.39 is 0 Å². The van der Waals surface area contributed by atoms with Crippen molar-refractivity contribution in [1.82, 2.24) is 0 Å². The number of aryl methyl sites for hydroxylation is 1. The second-order valence-electron chi connectivity index (χ2n) is 3.71. The van der Waals surface area contributed by atoms with Crippen molar-refractivity contribution in [1.29, 1.82) is 0 Å². The van der Waals surface area contributed by atoms with Crippen molar-refractivity contribution in [2.24, 2.45) is 0 Å². The SMILES string of the molecule is Cc1cc[nH+]c(N2CCOCC2)c1[N+](=O)[O-]. The van der Waals surface area contributed by atoms with Crippen molar-refractivity contribution in [3.8, 4) is 0 Å². The van der Waals surface area contributed by atoms with Crippen LogP contribution in [0.4, 0.5) is 11.5 Å². The van der Waals surface area contributed by atoms with Crippen LogP contribution in [-0.2, 0) is 4.74 Å². The molecule has 1 saturated heterocycles. The largest absolute Gasteiger partial charge is 0.373 e. The molecule has 6 nitrogen and oxygen atoms in total. The number of rotatable bonds is 2. The van der Waals surface area contributed by atoms with E-state index in [-0.39, 0.29) is 10.6 Å². The lowest BCUT2D eigenvalue weighted by Crippen LogP contribution is -2.39. The molecular formula is C10H14N3O3+. The lowest BCUT2D eigenvalue weighted by atomic mass is 10.2. The van der Waals surface area contributed by atoms with Gasteiger partial charge in [-0.05, 0) is 13.0 Å². The molecule has 16 heavy (non-hydrogen) atoms. The van der Waals surface area contributed by atoms with Crippen molar-refractivity contribution >= 4 is 11.5 Å². The van der Waals surface area contributed by atoms with Gasteiger partial charge in [-0.1, -0.05) is 0 Å². The number of anilines is 1. The van der Waals surface area contributed by atoms with Crippen LogP contribution >= 0.6 is 0 Å². The molecule has 0 aromatic carbocycles. The molecule has 2 rings (SSSR count). The zero-order valence-corrected chi connectivity index (χ0v) is 9.10. The summed E-state index contributed by atoms with van der Waals surface area (Å²) in [7, 11) is 0. The second-order valence-corrected chi connectivity index (χ2v) is 3.71. The number of aromatic amines is 1. The minimum absolute atomic E-state index is 0.157. The molecule has 0 unspecified atom stereocenters. The van der Waals surface area contributed by atoms with Gasteiger partial charge in [0.2, 0.25) is 0 Å². The fourth-order valence-corrected chi connectivity index (χ4v) is 1.84. The Hall–Kier alpha value is -1.69. The molecule has 1 aromatic rings. The number of nitro groups is 1. The molecule has 1 aliphatic rings. The van der Waals surface area contributed by atoms with E-state index >= 15 is 0 Å². The molecule has 0 atom stereocenters. The van der Waals surface area contributed by atoms with Crippen LogP contribution in [0.5, 0.6) is 0 Å². The van der Waals surface area contributed by atoms with Crippen LogP contribution < -0.4 is 9.88 Å². The van der Waals surface area contributed by atoms with Gasteiger partial charge in [-0.25, -0.2) is 4.98 Å². The minimum Gasteiger partial charge on any atom is -0.373 e. The first-order valence-electron chi connectivity index (χ1n) is 5.18. The van der Waals surface area contributed by atoms with E-state index in [4.69, 9.17) is 4.74 Å². The number of hydrogen-bond acceptors (Lipinski definition) is 4. The van der Waals surface area contributed by atoms with Gasteiger partial charge in [-0.15, -0.1) is 0 Å². The highest BCUT2D eigenvalue weighted by atomic mass is 16.6. The van der Waals surface area contributed by atoms with Crippen molar-refractivity contribution in [3.05, 3.63) is 27.9 Å². The molecule has 0 bridgehead atoms. The molecule has 1 fully saturated rings. The van der Waals surface area contributed by atoms with Gasteiger partial charge in [0.15, 0.2) is 0 Å². The third kappa shape index (κ3) is 1.96. The van der Waals surface area contributed by atoms with E-state index in [9.17, 15) is 10.1 Å². The van der Waals surface area contributed by atoms with Gasteiger partial charge in [-0.2, -0.15) is 0 Å². The average Bonchev–Trinajstić information content (AvgIpc) is 2.29. The summed E-state index contributed by atoms with van der Waals surface area (Å²) < 4.78 is 5.23. The van der Waals surface area contributed by atoms with E-state index in [2.05, 4.69) is 4.98 Å². The van der Waals surface area contributed by atoms with Crippen LogP contribution in [0, 0.1) is 17.0 Å². The molecule has 0 amide bonds. The molecule has 0 radical (unpaired) electrons. The topological polar surface area (TPSA) is 69.8 Å². The first kappa shape index (κ1) is 10.8. The number of nitrogens with one attached hydrogen (secondary N) is 1. The summed E-state index contributed by atoms with van der Waals surface area (Å²) in [5.41, 5.74) is 0.828.